The Morgan fingerprint density at radius 2 is 1.15 bits per heavy atom. The normalized spacial score (nSPS) is 11.1. The molecule has 0 unspecified atom stereocenters. The molecule has 5 aromatic rings. The van der Waals surface area contributed by atoms with Crippen molar-refractivity contribution in [1.29, 1.82) is 0 Å². The Kier molecular flexibility index (Phi) is 5.80. The van der Waals surface area contributed by atoms with Gasteiger partial charge in [-0.3, -0.25) is 0 Å². The van der Waals surface area contributed by atoms with E-state index in [1.807, 2.05) is 97.1 Å². The van der Waals surface area contributed by atoms with Crippen LogP contribution in [0.3, 0.4) is 0 Å². The number of hydrogen-bond donors (Lipinski definition) is 0. The Bertz CT molecular complexity index is 1420. The third-order valence-electron chi connectivity index (χ3n) is 5.50. The topological polar surface area (TPSA) is 55.7 Å². The van der Waals surface area contributed by atoms with Crippen LogP contribution in [0.5, 0.6) is 0 Å². The van der Waals surface area contributed by atoms with Crippen LogP contribution in [0.25, 0.3) is 45.3 Å². The lowest BCUT2D eigenvalue weighted by Gasteiger charge is -2.09. The van der Waals surface area contributed by atoms with Crippen molar-refractivity contribution in [1.82, 2.24) is 15.0 Å². The third-order valence-corrected chi connectivity index (χ3v) is 7.04. The maximum atomic E-state index is 12.4. The van der Waals surface area contributed by atoms with Gasteiger partial charge in [0.1, 0.15) is 7.14 Å². The zero-order chi connectivity index (χ0) is 23.5. The lowest BCUT2D eigenvalue weighted by molar-refractivity contribution is 0.588. The summed E-state index contributed by atoms with van der Waals surface area (Å²) in [5, 5.41) is 0.861. The molecule has 0 N–H and O–H groups in total. The smallest absolute Gasteiger partial charge is 0.172 e. The largest absolute Gasteiger partial charge is 0.319 e. The Hall–Kier alpha value is -4.06. The minimum Gasteiger partial charge on any atom is -0.319 e. The van der Waals surface area contributed by atoms with Crippen LogP contribution in [0.4, 0.5) is 0 Å². The van der Waals surface area contributed by atoms with E-state index >= 15 is 0 Å². The number of hydrogen-bond acceptors (Lipinski definition) is 4. The van der Waals surface area contributed by atoms with Gasteiger partial charge >= 0.3 is 0 Å². The fraction of sp³-hybridized carbons (Fsp3) is 0.0690. The second-order valence-electron chi connectivity index (χ2n) is 8.36. The second-order valence-corrected chi connectivity index (χ2v) is 11.6. The number of rotatable bonds is 5. The third kappa shape index (κ3) is 4.66. The molecule has 0 saturated heterocycles. The van der Waals surface area contributed by atoms with Gasteiger partial charge in [-0.25, -0.2) is 15.0 Å². The quantitative estimate of drug-likeness (QED) is 0.286. The molecule has 0 aliphatic carbocycles. The standard InChI is InChI=1S/C29H22N3OP/c1-34(2,33)26-18-16-21(17-19-26)24-14-9-15-25(20-24)29-31-27(22-10-5-3-6-11-22)30-28(32-29)23-12-7-4-8-13-23/h3-8,10-14,16-20H,1-2H3. The van der Waals surface area contributed by atoms with Gasteiger partial charge < -0.3 is 4.57 Å². The van der Waals surface area contributed by atoms with Gasteiger partial charge in [0.15, 0.2) is 17.5 Å². The molecule has 5 rings (SSSR count). The summed E-state index contributed by atoms with van der Waals surface area (Å²) < 4.78 is 12.4. The predicted molar refractivity (Wildman–Crippen MR) is 138 cm³/mol. The van der Waals surface area contributed by atoms with Gasteiger partial charge in [0.2, 0.25) is 0 Å². The molecule has 4 aromatic carbocycles. The van der Waals surface area contributed by atoms with Gasteiger partial charge in [0.05, 0.1) is 5.56 Å². The van der Waals surface area contributed by atoms with E-state index in [9.17, 15) is 4.57 Å². The van der Waals surface area contributed by atoms with E-state index in [0.717, 1.165) is 33.1 Å². The SMILES string of the molecule is CP(C)(=O)c1ccc(-c2cc#cc(-c3nc(-c4ccccc4)nc(-c4ccccc4)n3)c2)cc1. The van der Waals surface area contributed by atoms with Crippen molar-refractivity contribution in [2.24, 2.45) is 0 Å². The molecular formula is C29H22N3OP. The highest BCUT2D eigenvalue weighted by Crippen LogP contribution is 2.35. The number of nitrogens with zero attached hydrogens (tertiary/aromatic N) is 3. The summed E-state index contributed by atoms with van der Waals surface area (Å²) >= 11 is 0. The van der Waals surface area contributed by atoms with Crippen molar-refractivity contribution >= 4 is 12.4 Å². The van der Waals surface area contributed by atoms with E-state index in [1.54, 1.807) is 13.3 Å². The fourth-order valence-corrected chi connectivity index (χ4v) is 4.52. The summed E-state index contributed by atoms with van der Waals surface area (Å²) in [5.74, 6) is 1.75. The highest BCUT2D eigenvalue weighted by atomic mass is 31.2. The first-order chi connectivity index (χ1) is 16.5. The first kappa shape index (κ1) is 21.8. The van der Waals surface area contributed by atoms with E-state index in [2.05, 4.69) is 12.1 Å². The molecule has 0 atom stereocenters. The van der Waals surface area contributed by atoms with Crippen LogP contribution in [0.15, 0.2) is 97.1 Å². The summed E-state index contributed by atoms with van der Waals surface area (Å²) in [6.07, 6.45) is 0. The lowest BCUT2D eigenvalue weighted by atomic mass is 10.0. The lowest BCUT2D eigenvalue weighted by Crippen LogP contribution is -2.01. The molecule has 1 aromatic heterocycles. The minimum atomic E-state index is -2.30. The first-order valence-electron chi connectivity index (χ1n) is 10.9. The molecule has 164 valence electrons. The van der Waals surface area contributed by atoms with E-state index in [1.165, 1.54) is 0 Å². The Labute approximate surface area is 199 Å². The Morgan fingerprint density at radius 1 is 0.618 bits per heavy atom. The monoisotopic (exact) mass is 459 g/mol. The average molecular weight is 459 g/mol. The highest BCUT2D eigenvalue weighted by molar-refractivity contribution is 7.70. The molecule has 5 heteroatoms. The van der Waals surface area contributed by atoms with Crippen LogP contribution in [0.1, 0.15) is 0 Å². The van der Waals surface area contributed by atoms with Gasteiger partial charge in [-0.15, -0.1) is 0 Å². The average Bonchev–Trinajstić information content (AvgIpc) is 2.89. The molecular weight excluding hydrogens is 437 g/mol. The van der Waals surface area contributed by atoms with Crippen molar-refractivity contribution in [3.05, 3.63) is 109 Å². The van der Waals surface area contributed by atoms with Gasteiger partial charge in [-0.1, -0.05) is 97.1 Å². The summed E-state index contributed by atoms with van der Waals surface area (Å²) in [4.78, 5) is 14.3. The zero-order valence-electron chi connectivity index (χ0n) is 18.9. The fourth-order valence-electron chi connectivity index (χ4n) is 3.65. The molecule has 0 spiro atoms. The van der Waals surface area contributed by atoms with Crippen molar-refractivity contribution in [2.45, 2.75) is 0 Å². The summed E-state index contributed by atoms with van der Waals surface area (Å²) in [7, 11) is -2.30. The summed E-state index contributed by atoms with van der Waals surface area (Å²) in [6.45, 7) is 3.56. The summed E-state index contributed by atoms with van der Waals surface area (Å²) in [5.41, 5.74) is 4.54. The molecule has 0 fully saturated rings. The number of benzene rings is 3. The molecule has 0 amide bonds. The van der Waals surface area contributed by atoms with Crippen molar-refractivity contribution in [3.8, 4) is 45.3 Å². The van der Waals surface area contributed by atoms with Crippen LogP contribution in [0.2, 0.25) is 0 Å². The molecule has 0 aliphatic rings. The molecule has 1 heterocycles. The van der Waals surface area contributed by atoms with Crippen molar-refractivity contribution < 1.29 is 4.57 Å². The minimum absolute atomic E-state index is 0.536. The molecule has 0 radical (unpaired) electrons. The second kappa shape index (κ2) is 9.06. The molecule has 0 saturated carbocycles. The van der Waals surface area contributed by atoms with E-state index in [-0.39, 0.29) is 0 Å². The van der Waals surface area contributed by atoms with Crippen molar-refractivity contribution in [3.63, 3.8) is 0 Å². The first-order valence-corrected chi connectivity index (χ1v) is 13.5. The molecule has 0 aliphatic heterocycles. The van der Waals surface area contributed by atoms with Crippen molar-refractivity contribution in [2.75, 3.05) is 13.3 Å². The maximum Gasteiger partial charge on any atom is 0.172 e. The molecule has 0 bridgehead atoms. The Balaban J connectivity index is 1.60. The van der Waals surface area contributed by atoms with Gasteiger partial charge in [-0.05, 0) is 36.6 Å². The molecule has 34 heavy (non-hydrogen) atoms. The molecule has 4 nitrogen and oxygen atoms in total. The van der Waals surface area contributed by atoms with E-state index < -0.39 is 7.14 Å². The van der Waals surface area contributed by atoms with Crippen LogP contribution >= 0.6 is 7.14 Å². The van der Waals surface area contributed by atoms with Gasteiger partial charge in [-0.2, -0.15) is 0 Å². The van der Waals surface area contributed by atoms with Crippen LogP contribution in [0, 0.1) is 12.1 Å². The predicted octanol–water partition coefficient (Wildman–Crippen LogP) is 6.39. The Morgan fingerprint density at radius 3 is 1.68 bits per heavy atom. The van der Waals surface area contributed by atoms with Crippen LogP contribution < -0.4 is 5.30 Å². The highest BCUT2D eigenvalue weighted by Gasteiger charge is 2.14. The van der Waals surface area contributed by atoms with Crippen LogP contribution in [-0.4, -0.2) is 28.3 Å². The zero-order valence-corrected chi connectivity index (χ0v) is 19.8. The maximum absolute atomic E-state index is 12.4. The number of aromatic nitrogens is 3. The van der Waals surface area contributed by atoms with Gasteiger partial charge in [0, 0.05) is 16.4 Å². The van der Waals surface area contributed by atoms with E-state index in [0.29, 0.717) is 17.5 Å². The van der Waals surface area contributed by atoms with E-state index in [4.69, 9.17) is 15.0 Å². The van der Waals surface area contributed by atoms with Gasteiger partial charge in [0.25, 0.3) is 0 Å². The van der Waals surface area contributed by atoms with Crippen LogP contribution in [-0.2, 0) is 4.57 Å². The summed E-state index contributed by atoms with van der Waals surface area (Å²) in [6, 6.07) is 37.8.